The van der Waals surface area contributed by atoms with Crippen molar-refractivity contribution in [1.29, 1.82) is 0 Å². The van der Waals surface area contributed by atoms with E-state index in [1.807, 2.05) is 30.3 Å². The number of aliphatic imine (C=N–C) groups is 1. The first kappa shape index (κ1) is 17.5. The number of nitrogens with zero attached hydrogens (tertiary/aromatic N) is 1. The fraction of sp³-hybridized carbons (Fsp3) is 0.409. The molecule has 0 unspecified atom stereocenters. The molecule has 0 spiro atoms. The third kappa shape index (κ3) is 5.09. The van der Waals surface area contributed by atoms with Gasteiger partial charge in [0.2, 0.25) is 5.90 Å². The topological polar surface area (TPSA) is 30.8 Å². The number of benzene rings is 2. The van der Waals surface area contributed by atoms with E-state index in [4.69, 9.17) is 9.47 Å². The lowest BCUT2D eigenvalue weighted by molar-refractivity contribution is 0.299. The maximum atomic E-state index is 5.89. The van der Waals surface area contributed by atoms with Crippen LogP contribution in [0.25, 0.3) is 0 Å². The van der Waals surface area contributed by atoms with Gasteiger partial charge in [-0.1, -0.05) is 31.2 Å². The number of hydrogen-bond donors (Lipinski definition) is 0. The highest BCUT2D eigenvalue weighted by Gasteiger charge is 2.11. The summed E-state index contributed by atoms with van der Waals surface area (Å²) in [5.41, 5.74) is 3.97. The standard InChI is InChI=1S/C22H27NO2/c1-2-15-25-22(19-8-4-3-5-9-19)23-14-7-16-24-21-13-12-18-10-6-11-20(18)17-21/h3-5,8-9,12-13,17H,2,6-7,10-11,14-16H2,1H3. The quantitative estimate of drug-likeness (QED) is 0.393. The SMILES string of the molecule is CCCOC(=NCCCOc1ccc2c(c1)CCC2)c1ccccc1. The van der Waals surface area contributed by atoms with Crippen LogP contribution < -0.4 is 4.74 Å². The minimum absolute atomic E-state index is 0.679. The summed E-state index contributed by atoms with van der Waals surface area (Å²) in [5.74, 6) is 1.72. The van der Waals surface area contributed by atoms with Crippen molar-refractivity contribution >= 4 is 5.90 Å². The van der Waals surface area contributed by atoms with Crippen LogP contribution in [0, 0.1) is 0 Å². The molecule has 0 aliphatic heterocycles. The maximum absolute atomic E-state index is 5.89. The molecular formula is C22H27NO2. The van der Waals surface area contributed by atoms with E-state index in [2.05, 4.69) is 30.1 Å². The van der Waals surface area contributed by atoms with E-state index in [0.717, 1.165) is 30.1 Å². The van der Waals surface area contributed by atoms with Gasteiger partial charge in [0, 0.05) is 18.5 Å². The van der Waals surface area contributed by atoms with Crippen molar-refractivity contribution in [2.45, 2.75) is 39.0 Å². The molecule has 0 amide bonds. The van der Waals surface area contributed by atoms with Gasteiger partial charge in [-0.05, 0) is 61.1 Å². The second kappa shape index (κ2) is 9.26. The van der Waals surface area contributed by atoms with Crippen molar-refractivity contribution in [3.63, 3.8) is 0 Å². The number of aryl methyl sites for hydroxylation is 2. The Kier molecular flexibility index (Phi) is 6.49. The molecule has 0 heterocycles. The molecule has 0 fully saturated rings. The van der Waals surface area contributed by atoms with Gasteiger partial charge in [-0.2, -0.15) is 0 Å². The van der Waals surface area contributed by atoms with Crippen LogP contribution in [0.4, 0.5) is 0 Å². The van der Waals surface area contributed by atoms with Gasteiger partial charge in [0.25, 0.3) is 0 Å². The second-order valence-corrected chi connectivity index (χ2v) is 6.39. The summed E-state index contributed by atoms with van der Waals surface area (Å²) >= 11 is 0. The third-order valence-corrected chi connectivity index (χ3v) is 4.36. The molecule has 3 nitrogen and oxygen atoms in total. The van der Waals surface area contributed by atoms with Gasteiger partial charge in [-0.15, -0.1) is 0 Å². The monoisotopic (exact) mass is 337 g/mol. The molecule has 132 valence electrons. The maximum Gasteiger partial charge on any atom is 0.216 e. The molecule has 0 radical (unpaired) electrons. The number of fused-ring (bicyclic) bond motifs is 1. The van der Waals surface area contributed by atoms with Crippen molar-refractivity contribution in [2.75, 3.05) is 19.8 Å². The molecule has 0 N–H and O–H groups in total. The average molecular weight is 337 g/mol. The van der Waals surface area contributed by atoms with E-state index in [-0.39, 0.29) is 0 Å². The Morgan fingerprint density at radius 2 is 1.84 bits per heavy atom. The second-order valence-electron chi connectivity index (χ2n) is 6.39. The Balaban J connectivity index is 1.49. The summed E-state index contributed by atoms with van der Waals surface area (Å²) < 4.78 is 11.7. The highest BCUT2D eigenvalue weighted by Crippen LogP contribution is 2.26. The Bertz CT molecular complexity index is 694. The Morgan fingerprint density at radius 1 is 1.00 bits per heavy atom. The van der Waals surface area contributed by atoms with Crippen LogP contribution in [0.2, 0.25) is 0 Å². The first-order chi connectivity index (χ1) is 12.4. The van der Waals surface area contributed by atoms with Gasteiger partial charge < -0.3 is 9.47 Å². The minimum Gasteiger partial charge on any atom is -0.494 e. The summed E-state index contributed by atoms with van der Waals surface area (Å²) in [6.45, 7) is 4.18. The predicted molar refractivity (Wildman–Crippen MR) is 103 cm³/mol. The molecule has 0 bridgehead atoms. The Morgan fingerprint density at radius 3 is 2.68 bits per heavy atom. The molecule has 3 heteroatoms. The van der Waals surface area contributed by atoms with E-state index >= 15 is 0 Å². The molecule has 25 heavy (non-hydrogen) atoms. The molecule has 2 aromatic carbocycles. The zero-order valence-corrected chi connectivity index (χ0v) is 15.0. The fourth-order valence-electron chi connectivity index (χ4n) is 3.07. The Labute approximate surface area is 150 Å². The van der Waals surface area contributed by atoms with Crippen LogP contribution >= 0.6 is 0 Å². The molecule has 3 rings (SSSR count). The van der Waals surface area contributed by atoms with Crippen LogP contribution in [0.5, 0.6) is 5.75 Å². The van der Waals surface area contributed by atoms with Crippen LogP contribution in [0.3, 0.4) is 0 Å². The van der Waals surface area contributed by atoms with Gasteiger partial charge in [0.05, 0.1) is 13.2 Å². The zero-order valence-electron chi connectivity index (χ0n) is 15.0. The lowest BCUT2D eigenvalue weighted by Gasteiger charge is -2.10. The van der Waals surface area contributed by atoms with Crippen molar-refractivity contribution in [3.8, 4) is 5.75 Å². The molecule has 0 saturated carbocycles. The normalized spacial score (nSPS) is 13.6. The number of ether oxygens (including phenoxy) is 2. The molecule has 0 atom stereocenters. The van der Waals surface area contributed by atoms with Crippen molar-refractivity contribution < 1.29 is 9.47 Å². The molecule has 0 saturated heterocycles. The van der Waals surface area contributed by atoms with E-state index in [1.165, 1.54) is 30.4 Å². The number of hydrogen-bond acceptors (Lipinski definition) is 3. The van der Waals surface area contributed by atoms with Crippen LogP contribution in [-0.2, 0) is 17.6 Å². The average Bonchev–Trinajstić information content (AvgIpc) is 3.12. The summed E-state index contributed by atoms with van der Waals surface area (Å²) in [7, 11) is 0. The molecular weight excluding hydrogens is 310 g/mol. The molecule has 0 aromatic heterocycles. The molecule has 1 aliphatic carbocycles. The predicted octanol–water partition coefficient (Wildman–Crippen LogP) is 4.82. The van der Waals surface area contributed by atoms with Gasteiger partial charge >= 0.3 is 0 Å². The van der Waals surface area contributed by atoms with Crippen LogP contribution in [0.15, 0.2) is 53.5 Å². The lowest BCUT2D eigenvalue weighted by atomic mass is 10.1. The van der Waals surface area contributed by atoms with Crippen molar-refractivity contribution in [3.05, 3.63) is 65.2 Å². The first-order valence-electron chi connectivity index (χ1n) is 9.34. The lowest BCUT2D eigenvalue weighted by Crippen LogP contribution is -2.09. The Hall–Kier alpha value is -2.29. The van der Waals surface area contributed by atoms with Gasteiger partial charge in [-0.25, -0.2) is 0 Å². The summed E-state index contributed by atoms with van der Waals surface area (Å²) in [5, 5.41) is 0. The van der Waals surface area contributed by atoms with Crippen LogP contribution in [0.1, 0.15) is 42.9 Å². The van der Waals surface area contributed by atoms with Crippen molar-refractivity contribution in [1.82, 2.24) is 0 Å². The highest BCUT2D eigenvalue weighted by atomic mass is 16.5. The van der Waals surface area contributed by atoms with E-state index in [1.54, 1.807) is 0 Å². The third-order valence-electron chi connectivity index (χ3n) is 4.36. The van der Waals surface area contributed by atoms with Gasteiger partial charge in [0.1, 0.15) is 5.75 Å². The molecule has 1 aliphatic rings. The fourth-order valence-corrected chi connectivity index (χ4v) is 3.07. The van der Waals surface area contributed by atoms with E-state index < -0.39 is 0 Å². The van der Waals surface area contributed by atoms with E-state index in [9.17, 15) is 0 Å². The molecule has 2 aromatic rings. The zero-order chi connectivity index (χ0) is 17.3. The highest BCUT2D eigenvalue weighted by molar-refractivity contribution is 5.94. The smallest absolute Gasteiger partial charge is 0.216 e. The summed E-state index contributed by atoms with van der Waals surface area (Å²) in [4.78, 5) is 4.63. The van der Waals surface area contributed by atoms with E-state index in [0.29, 0.717) is 19.8 Å². The minimum atomic E-state index is 0.679. The summed E-state index contributed by atoms with van der Waals surface area (Å²) in [6.07, 6.45) is 5.53. The first-order valence-corrected chi connectivity index (χ1v) is 9.34. The largest absolute Gasteiger partial charge is 0.494 e. The van der Waals surface area contributed by atoms with Gasteiger partial charge in [0.15, 0.2) is 0 Å². The number of rotatable bonds is 8. The van der Waals surface area contributed by atoms with Gasteiger partial charge in [-0.3, -0.25) is 4.99 Å². The van der Waals surface area contributed by atoms with Crippen molar-refractivity contribution in [2.24, 2.45) is 4.99 Å². The van der Waals surface area contributed by atoms with Crippen LogP contribution in [-0.4, -0.2) is 25.7 Å². The summed E-state index contributed by atoms with van der Waals surface area (Å²) in [6, 6.07) is 16.6.